The molecule has 1 aromatic heterocycles. The lowest BCUT2D eigenvalue weighted by atomic mass is 10.2. The van der Waals surface area contributed by atoms with Crippen LogP contribution in [0.1, 0.15) is 0 Å². The molecule has 0 fully saturated rings. The topological polar surface area (TPSA) is 60.6 Å². The quantitative estimate of drug-likeness (QED) is 0.790. The minimum atomic E-state index is -0.759. The fraction of sp³-hybridized carbons (Fsp3) is 0.182. The second kappa shape index (κ2) is 4.14. The molecular formula is C11H11NO4. The minimum Gasteiger partial charge on any atom is -0.495 e. The van der Waals surface area contributed by atoms with Gasteiger partial charge in [0.25, 0.3) is 0 Å². The molecule has 0 aliphatic carbocycles. The number of ether oxygens (including phenoxy) is 3. The summed E-state index contributed by atoms with van der Waals surface area (Å²) in [7, 11) is 2.84. The first-order valence-electron chi connectivity index (χ1n) is 4.66. The standard InChI is InChI=1S/C11H11NO4/c1-14-8-5-3-4-7-6-9(12-10(7)8)16-11(13)15-2/h3-6,12H,1-2H3. The van der Waals surface area contributed by atoms with E-state index in [0.717, 1.165) is 10.9 Å². The Hall–Kier alpha value is -2.17. The summed E-state index contributed by atoms with van der Waals surface area (Å²) in [5.41, 5.74) is 0.781. The first-order valence-corrected chi connectivity index (χ1v) is 4.66. The van der Waals surface area contributed by atoms with Gasteiger partial charge in [0.2, 0.25) is 5.88 Å². The minimum absolute atomic E-state index is 0.325. The highest BCUT2D eigenvalue weighted by Crippen LogP contribution is 2.28. The molecule has 0 spiro atoms. The molecule has 5 nitrogen and oxygen atoms in total. The molecule has 0 amide bonds. The summed E-state index contributed by atoms with van der Waals surface area (Å²) in [6.07, 6.45) is -0.759. The van der Waals surface area contributed by atoms with Gasteiger partial charge in [-0.05, 0) is 6.07 Å². The Morgan fingerprint density at radius 1 is 1.31 bits per heavy atom. The maximum absolute atomic E-state index is 10.9. The molecule has 5 heteroatoms. The lowest BCUT2D eigenvalue weighted by Gasteiger charge is -2.00. The summed E-state index contributed by atoms with van der Waals surface area (Å²) in [4.78, 5) is 13.8. The monoisotopic (exact) mass is 221 g/mol. The van der Waals surface area contributed by atoms with Crippen LogP contribution in [0.2, 0.25) is 0 Å². The third kappa shape index (κ3) is 1.79. The first kappa shape index (κ1) is 10.4. The highest BCUT2D eigenvalue weighted by Gasteiger charge is 2.09. The zero-order valence-electron chi connectivity index (χ0n) is 8.94. The second-order valence-electron chi connectivity index (χ2n) is 3.11. The highest BCUT2D eigenvalue weighted by atomic mass is 16.7. The lowest BCUT2D eigenvalue weighted by Crippen LogP contribution is -2.07. The van der Waals surface area contributed by atoms with Crippen molar-refractivity contribution in [1.82, 2.24) is 4.98 Å². The Morgan fingerprint density at radius 2 is 2.12 bits per heavy atom. The predicted molar refractivity (Wildman–Crippen MR) is 57.9 cm³/mol. The van der Waals surface area contributed by atoms with Crippen LogP contribution in [0.25, 0.3) is 10.9 Å². The molecule has 0 unspecified atom stereocenters. The van der Waals surface area contributed by atoms with Crippen molar-refractivity contribution in [3.8, 4) is 11.6 Å². The van der Waals surface area contributed by atoms with E-state index in [0.29, 0.717) is 11.6 Å². The molecular weight excluding hydrogens is 210 g/mol. The molecule has 1 heterocycles. The zero-order chi connectivity index (χ0) is 11.5. The van der Waals surface area contributed by atoms with Gasteiger partial charge in [0.15, 0.2) is 0 Å². The second-order valence-corrected chi connectivity index (χ2v) is 3.11. The van der Waals surface area contributed by atoms with E-state index in [9.17, 15) is 4.79 Å². The van der Waals surface area contributed by atoms with E-state index in [-0.39, 0.29) is 0 Å². The van der Waals surface area contributed by atoms with Crippen LogP contribution in [0.4, 0.5) is 4.79 Å². The fourth-order valence-corrected chi connectivity index (χ4v) is 1.46. The molecule has 0 atom stereocenters. The van der Waals surface area contributed by atoms with Crippen LogP contribution in [0, 0.1) is 0 Å². The molecule has 0 saturated carbocycles. The Morgan fingerprint density at radius 3 is 2.81 bits per heavy atom. The summed E-state index contributed by atoms with van der Waals surface area (Å²) in [6, 6.07) is 7.27. The molecule has 0 radical (unpaired) electrons. The van der Waals surface area contributed by atoms with Crippen molar-refractivity contribution < 1.29 is 19.0 Å². The van der Waals surface area contributed by atoms with E-state index >= 15 is 0 Å². The van der Waals surface area contributed by atoms with Crippen LogP contribution in [-0.2, 0) is 4.74 Å². The van der Waals surface area contributed by atoms with Crippen molar-refractivity contribution in [2.45, 2.75) is 0 Å². The van der Waals surface area contributed by atoms with Gasteiger partial charge in [-0.15, -0.1) is 0 Å². The van der Waals surface area contributed by atoms with Gasteiger partial charge < -0.3 is 19.2 Å². The van der Waals surface area contributed by atoms with Crippen molar-refractivity contribution in [3.63, 3.8) is 0 Å². The van der Waals surface area contributed by atoms with Gasteiger partial charge in [0, 0.05) is 11.5 Å². The molecule has 16 heavy (non-hydrogen) atoms. The van der Waals surface area contributed by atoms with E-state index in [1.165, 1.54) is 7.11 Å². The van der Waals surface area contributed by atoms with Gasteiger partial charge in [0.1, 0.15) is 5.75 Å². The van der Waals surface area contributed by atoms with E-state index < -0.39 is 6.16 Å². The molecule has 0 bridgehead atoms. The lowest BCUT2D eigenvalue weighted by molar-refractivity contribution is 0.120. The predicted octanol–water partition coefficient (Wildman–Crippen LogP) is 2.32. The van der Waals surface area contributed by atoms with Gasteiger partial charge in [-0.25, -0.2) is 4.79 Å². The SMILES string of the molecule is COC(=O)Oc1cc2cccc(OC)c2[nH]1. The number of H-pyrrole nitrogens is 1. The van der Waals surface area contributed by atoms with Crippen LogP contribution in [0.3, 0.4) is 0 Å². The van der Waals surface area contributed by atoms with Crippen molar-refractivity contribution in [1.29, 1.82) is 0 Å². The number of carbonyl (C=O) groups excluding carboxylic acids is 1. The van der Waals surface area contributed by atoms with Crippen LogP contribution >= 0.6 is 0 Å². The highest BCUT2D eigenvalue weighted by molar-refractivity contribution is 5.87. The molecule has 1 N–H and O–H groups in total. The molecule has 1 aromatic carbocycles. The Kier molecular flexibility index (Phi) is 2.68. The van der Waals surface area contributed by atoms with Crippen molar-refractivity contribution in [2.24, 2.45) is 0 Å². The van der Waals surface area contributed by atoms with Crippen LogP contribution < -0.4 is 9.47 Å². The molecule has 0 aliphatic heterocycles. The maximum Gasteiger partial charge on any atom is 0.514 e. The van der Waals surface area contributed by atoms with Crippen molar-refractivity contribution >= 4 is 17.1 Å². The molecule has 0 saturated heterocycles. The normalized spacial score (nSPS) is 10.1. The Bertz CT molecular complexity index is 518. The van der Waals surface area contributed by atoms with Gasteiger partial charge in [-0.1, -0.05) is 12.1 Å². The number of aromatic amines is 1. The summed E-state index contributed by atoms with van der Waals surface area (Å²) in [6.45, 7) is 0. The van der Waals surface area contributed by atoms with Crippen molar-refractivity contribution in [3.05, 3.63) is 24.3 Å². The van der Waals surface area contributed by atoms with Gasteiger partial charge >= 0.3 is 6.16 Å². The van der Waals surface area contributed by atoms with Gasteiger partial charge in [0.05, 0.1) is 19.7 Å². The number of hydrogen-bond donors (Lipinski definition) is 1. The number of rotatable bonds is 2. The van der Waals surface area contributed by atoms with E-state index in [2.05, 4.69) is 9.72 Å². The number of nitrogens with one attached hydrogen (secondary N) is 1. The first-order chi connectivity index (χ1) is 7.74. The largest absolute Gasteiger partial charge is 0.514 e. The number of para-hydroxylation sites is 1. The molecule has 84 valence electrons. The number of benzene rings is 1. The summed E-state index contributed by atoms with van der Waals surface area (Å²) in [5.74, 6) is 1.02. The summed E-state index contributed by atoms with van der Waals surface area (Å²) >= 11 is 0. The molecule has 2 rings (SSSR count). The van der Waals surface area contributed by atoms with Crippen molar-refractivity contribution in [2.75, 3.05) is 14.2 Å². The van der Waals surface area contributed by atoms with Crippen LogP contribution in [0.5, 0.6) is 11.6 Å². The Labute approximate surface area is 91.9 Å². The van der Waals surface area contributed by atoms with E-state index in [4.69, 9.17) is 9.47 Å². The van der Waals surface area contributed by atoms with Gasteiger partial charge in [-0.2, -0.15) is 0 Å². The average Bonchev–Trinajstić information content (AvgIpc) is 2.70. The summed E-state index contributed by atoms with van der Waals surface area (Å²) in [5, 5.41) is 0.901. The van der Waals surface area contributed by atoms with Gasteiger partial charge in [-0.3, -0.25) is 0 Å². The average molecular weight is 221 g/mol. The van der Waals surface area contributed by atoms with E-state index in [1.54, 1.807) is 13.2 Å². The maximum atomic E-state index is 10.9. The van der Waals surface area contributed by atoms with Crippen LogP contribution in [-0.4, -0.2) is 25.4 Å². The number of carbonyl (C=O) groups is 1. The summed E-state index contributed by atoms with van der Waals surface area (Å²) < 4.78 is 14.4. The third-order valence-corrected chi connectivity index (χ3v) is 2.17. The molecule has 0 aliphatic rings. The zero-order valence-corrected chi connectivity index (χ0v) is 8.94. The number of fused-ring (bicyclic) bond motifs is 1. The molecule has 2 aromatic rings. The number of aromatic nitrogens is 1. The fourth-order valence-electron chi connectivity index (χ4n) is 1.46. The Balaban J connectivity index is 2.39. The van der Waals surface area contributed by atoms with E-state index in [1.807, 2.05) is 18.2 Å². The number of methoxy groups -OCH3 is 2. The smallest absolute Gasteiger partial charge is 0.495 e. The third-order valence-electron chi connectivity index (χ3n) is 2.17. The number of hydrogen-bond acceptors (Lipinski definition) is 4. The van der Waals surface area contributed by atoms with Crippen LogP contribution in [0.15, 0.2) is 24.3 Å².